The van der Waals surface area contributed by atoms with Crippen molar-refractivity contribution in [3.8, 4) is 5.75 Å². The Morgan fingerprint density at radius 2 is 1.77 bits per heavy atom. The van der Waals surface area contributed by atoms with Crippen LogP contribution in [0.4, 0.5) is 4.39 Å². The molecule has 0 saturated carbocycles. The van der Waals surface area contributed by atoms with Crippen molar-refractivity contribution in [2.24, 2.45) is 0 Å². The molecule has 0 amide bonds. The Bertz CT molecular complexity index is 1020. The monoisotopic (exact) mass is 476 g/mol. The number of carbonyl (C=O) groups excluding carboxylic acids is 2. The number of carbonyl (C=O) groups is 2. The quantitative estimate of drug-likeness (QED) is 0.382. The van der Waals surface area contributed by atoms with E-state index in [1.165, 1.54) is 24.3 Å². The molecule has 0 radical (unpaired) electrons. The van der Waals surface area contributed by atoms with E-state index >= 15 is 0 Å². The first kappa shape index (κ1) is 24.1. The van der Waals surface area contributed by atoms with E-state index in [4.69, 9.17) is 27.9 Å². The summed E-state index contributed by atoms with van der Waals surface area (Å²) in [7, 11) is -2.68. The normalized spacial score (nSPS) is 11.2. The van der Waals surface area contributed by atoms with Crippen molar-refractivity contribution in [1.82, 2.24) is 0 Å². The molecule has 0 spiro atoms. The van der Waals surface area contributed by atoms with Gasteiger partial charge in [0, 0.05) is 15.6 Å². The van der Waals surface area contributed by atoms with E-state index in [0.717, 1.165) is 7.11 Å². The lowest BCUT2D eigenvalue weighted by Gasteiger charge is -2.14. The molecule has 0 atom stereocenters. The molecule has 2 rings (SSSR count). The standard InChI is InChI=1S/C20H19Cl2FO6S/c1-28-20(25)10-16(24)12-30(26,27)7-6-17-18(22)8-14(21)9-19(17)29-11-13-2-4-15(23)5-3-13/h2-5,8-9H,6-7,10-12H2,1H3. The summed E-state index contributed by atoms with van der Waals surface area (Å²) in [5.74, 6) is -2.80. The fourth-order valence-electron chi connectivity index (χ4n) is 2.55. The number of Topliss-reactive ketones (excluding diaryl/α,β-unsaturated/α-hetero) is 1. The molecule has 0 aliphatic carbocycles. The van der Waals surface area contributed by atoms with Crippen LogP contribution >= 0.6 is 23.2 Å². The average Bonchev–Trinajstić information content (AvgIpc) is 2.65. The number of esters is 1. The third kappa shape index (κ3) is 7.59. The summed E-state index contributed by atoms with van der Waals surface area (Å²) in [5.41, 5.74) is 1.10. The van der Waals surface area contributed by atoms with Crippen LogP contribution in [0, 0.1) is 5.82 Å². The van der Waals surface area contributed by atoms with Gasteiger partial charge in [0.15, 0.2) is 15.6 Å². The number of methoxy groups -OCH3 is 1. The van der Waals surface area contributed by atoms with Crippen molar-refractivity contribution in [2.75, 3.05) is 18.6 Å². The van der Waals surface area contributed by atoms with Crippen LogP contribution in [-0.4, -0.2) is 38.8 Å². The highest BCUT2D eigenvalue weighted by Crippen LogP contribution is 2.32. The van der Waals surface area contributed by atoms with E-state index in [1.807, 2.05) is 0 Å². The summed E-state index contributed by atoms with van der Waals surface area (Å²) in [4.78, 5) is 22.8. The lowest BCUT2D eigenvalue weighted by molar-refractivity contribution is -0.142. The number of halogens is 3. The van der Waals surface area contributed by atoms with Gasteiger partial charge in [-0.25, -0.2) is 12.8 Å². The molecular weight excluding hydrogens is 458 g/mol. The third-order valence-corrected chi connectivity index (χ3v) is 6.18. The highest BCUT2D eigenvalue weighted by atomic mass is 35.5. The minimum absolute atomic E-state index is 0.0252. The number of rotatable bonds is 10. The average molecular weight is 477 g/mol. The molecule has 2 aromatic carbocycles. The second kappa shape index (κ2) is 10.7. The molecule has 0 bridgehead atoms. The Hall–Kier alpha value is -2.16. The number of benzene rings is 2. The van der Waals surface area contributed by atoms with Gasteiger partial charge in [0.05, 0.1) is 12.9 Å². The second-order valence-electron chi connectivity index (χ2n) is 6.41. The third-order valence-electron chi connectivity index (χ3n) is 4.04. The second-order valence-corrected chi connectivity index (χ2v) is 9.44. The number of hydrogen-bond donors (Lipinski definition) is 0. The zero-order chi connectivity index (χ0) is 22.3. The number of ketones is 1. The van der Waals surface area contributed by atoms with Crippen molar-refractivity contribution in [1.29, 1.82) is 0 Å². The first-order chi connectivity index (χ1) is 14.1. The maximum Gasteiger partial charge on any atom is 0.313 e. The zero-order valence-electron chi connectivity index (χ0n) is 16.0. The highest BCUT2D eigenvalue weighted by molar-refractivity contribution is 7.92. The van der Waals surface area contributed by atoms with E-state index in [0.29, 0.717) is 16.1 Å². The van der Waals surface area contributed by atoms with Crippen LogP contribution in [-0.2, 0) is 37.2 Å². The minimum Gasteiger partial charge on any atom is -0.489 e. The van der Waals surface area contributed by atoms with Gasteiger partial charge in [0.25, 0.3) is 0 Å². The van der Waals surface area contributed by atoms with E-state index in [1.54, 1.807) is 12.1 Å². The smallest absolute Gasteiger partial charge is 0.313 e. The van der Waals surface area contributed by atoms with Crippen LogP contribution in [0.2, 0.25) is 10.0 Å². The van der Waals surface area contributed by atoms with Gasteiger partial charge < -0.3 is 9.47 Å². The minimum atomic E-state index is -3.79. The lowest BCUT2D eigenvalue weighted by Crippen LogP contribution is -2.22. The Morgan fingerprint density at radius 1 is 1.10 bits per heavy atom. The molecule has 0 N–H and O–H groups in total. The number of sulfone groups is 1. The lowest BCUT2D eigenvalue weighted by atomic mass is 10.1. The fraction of sp³-hybridized carbons (Fsp3) is 0.300. The molecule has 0 fully saturated rings. The van der Waals surface area contributed by atoms with Gasteiger partial charge in [0.2, 0.25) is 0 Å². The van der Waals surface area contributed by atoms with Gasteiger partial charge in [-0.1, -0.05) is 35.3 Å². The van der Waals surface area contributed by atoms with Crippen molar-refractivity contribution >= 4 is 44.8 Å². The molecule has 0 unspecified atom stereocenters. The Balaban J connectivity index is 2.09. The molecular formula is C20H19Cl2FO6S. The summed E-state index contributed by atoms with van der Waals surface area (Å²) in [6, 6.07) is 8.65. The summed E-state index contributed by atoms with van der Waals surface area (Å²) in [5, 5.41) is 0.515. The van der Waals surface area contributed by atoms with Crippen molar-refractivity contribution in [3.63, 3.8) is 0 Å². The van der Waals surface area contributed by atoms with Crippen LogP contribution in [0.5, 0.6) is 5.75 Å². The largest absolute Gasteiger partial charge is 0.489 e. The predicted molar refractivity (Wildman–Crippen MR) is 111 cm³/mol. The first-order valence-corrected chi connectivity index (χ1v) is 11.3. The fourth-order valence-corrected chi connectivity index (χ4v) is 4.37. The van der Waals surface area contributed by atoms with Gasteiger partial charge in [0.1, 0.15) is 30.3 Å². The van der Waals surface area contributed by atoms with Crippen molar-refractivity contribution in [2.45, 2.75) is 19.4 Å². The predicted octanol–water partition coefficient (Wildman–Crippen LogP) is 3.80. The summed E-state index contributed by atoms with van der Waals surface area (Å²) in [6.07, 6.45) is -0.633. The van der Waals surface area contributed by atoms with Gasteiger partial charge in [-0.05, 0) is 36.2 Å². The van der Waals surface area contributed by atoms with E-state index in [2.05, 4.69) is 4.74 Å². The van der Waals surface area contributed by atoms with E-state index in [9.17, 15) is 22.4 Å². The zero-order valence-corrected chi connectivity index (χ0v) is 18.3. The Morgan fingerprint density at radius 3 is 2.40 bits per heavy atom. The van der Waals surface area contributed by atoms with E-state index in [-0.39, 0.29) is 35.4 Å². The molecule has 0 aliphatic rings. The maximum atomic E-state index is 13.0. The Labute approximate surface area is 183 Å². The van der Waals surface area contributed by atoms with Gasteiger partial charge >= 0.3 is 5.97 Å². The summed E-state index contributed by atoms with van der Waals surface area (Å²) in [6.45, 7) is 0.0916. The van der Waals surface area contributed by atoms with Gasteiger partial charge in [-0.2, -0.15) is 0 Å². The van der Waals surface area contributed by atoms with Crippen LogP contribution in [0.15, 0.2) is 36.4 Å². The van der Waals surface area contributed by atoms with E-state index < -0.39 is 33.8 Å². The van der Waals surface area contributed by atoms with Crippen LogP contribution in [0.25, 0.3) is 0 Å². The maximum absolute atomic E-state index is 13.0. The molecule has 30 heavy (non-hydrogen) atoms. The molecule has 0 aliphatic heterocycles. The SMILES string of the molecule is COC(=O)CC(=O)CS(=O)(=O)CCc1c(Cl)cc(Cl)cc1OCc1ccc(F)cc1. The summed E-state index contributed by atoms with van der Waals surface area (Å²) < 4.78 is 47.6. The van der Waals surface area contributed by atoms with Gasteiger partial charge in [-0.15, -0.1) is 0 Å². The molecule has 0 heterocycles. The van der Waals surface area contributed by atoms with Crippen LogP contribution < -0.4 is 4.74 Å². The molecule has 10 heteroatoms. The number of ether oxygens (including phenoxy) is 2. The van der Waals surface area contributed by atoms with Crippen LogP contribution in [0.1, 0.15) is 17.5 Å². The highest BCUT2D eigenvalue weighted by Gasteiger charge is 2.21. The molecule has 162 valence electrons. The summed E-state index contributed by atoms with van der Waals surface area (Å²) >= 11 is 12.2. The molecule has 2 aromatic rings. The molecule has 6 nitrogen and oxygen atoms in total. The van der Waals surface area contributed by atoms with Gasteiger partial charge in [-0.3, -0.25) is 9.59 Å². The Kier molecular flexibility index (Phi) is 8.64. The van der Waals surface area contributed by atoms with Crippen molar-refractivity contribution in [3.05, 3.63) is 63.4 Å². The van der Waals surface area contributed by atoms with Crippen molar-refractivity contribution < 1.29 is 31.9 Å². The first-order valence-electron chi connectivity index (χ1n) is 8.73. The molecule has 0 saturated heterocycles. The number of hydrogen-bond acceptors (Lipinski definition) is 6. The topological polar surface area (TPSA) is 86.7 Å². The molecule has 0 aromatic heterocycles. The van der Waals surface area contributed by atoms with Crippen LogP contribution in [0.3, 0.4) is 0 Å².